The van der Waals surface area contributed by atoms with E-state index < -0.39 is 10.0 Å². The van der Waals surface area contributed by atoms with E-state index in [1.54, 1.807) is 10.4 Å². The van der Waals surface area contributed by atoms with Crippen molar-refractivity contribution >= 4 is 21.0 Å². The largest absolute Gasteiger partial charge is 0.356 e. The normalized spacial score (nSPS) is 21.5. The van der Waals surface area contributed by atoms with Crippen LogP contribution in [0.5, 0.6) is 0 Å². The summed E-state index contributed by atoms with van der Waals surface area (Å²) in [5.74, 6) is -0.0993. The molecule has 3 heterocycles. The summed E-state index contributed by atoms with van der Waals surface area (Å²) in [6.45, 7) is 9.77. The van der Waals surface area contributed by atoms with Gasteiger partial charge < -0.3 is 4.52 Å². The number of nitrogens with zero attached hydrogens (tertiary/aromatic N) is 4. The summed E-state index contributed by atoms with van der Waals surface area (Å²) in [5, 5.41) is 4.73. The molecule has 0 bridgehead atoms. The number of hydrogen-bond donors (Lipinski definition) is 0. The average Bonchev–Trinajstić information content (AvgIpc) is 2.96. The fourth-order valence-corrected chi connectivity index (χ4v) is 5.33. The number of piperazine rings is 1. The Morgan fingerprint density at radius 1 is 1.15 bits per heavy atom. The Morgan fingerprint density at radius 2 is 1.85 bits per heavy atom. The second-order valence-corrected chi connectivity index (χ2v) is 9.49. The molecule has 0 saturated carbocycles. The molecule has 0 aliphatic carbocycles. The Balaban J connectivity index is 1.35. The number of para-hydroxylation sites is 1. The molecule has 142 valence electrons. The quantitative estimate of drug-likeness (QED) is 0.783. The van der Waals surface area contributed by atoms with E-state index in [0.29, 0.717) is 36.5 Å². The minimum Gasteiger partial charge on any atom is -0.356 e. The molecule has 2 aliphatic heterocycles. The van der Waals surface area contributed by atoms with Crippen LogP contribution in [-0.4, -0.2) is 79.0 Å². The van der Waals surface area contributed by atoms with Crippen LogP contribution < -0.4 is 0 Å². The van der Waals surface area contributed by atoms with Crippen molar-refractivity contribution in [2.24, 2.45) is 0 Å². The van der Waals surface area contributed by atoms with Crippen LogP contribution in [0.15, 0.2) is 28.8 Å². The molecular weight excluding hydrogens is 352 g/mol. The van der Waals surface area contributed by atoms with Crippen LogP contribution in [-0.2, 0) is 15.8 Å². The highest BCUT2D eigenvalue weighted by Gasteiger charge is 2.40. The van der Waals surface area contributed by atoms with Crippen molar-refractivity contribution in [1.82, 2.24) is 19.3 Å². The highest BCUT2D eigenvalue weighted by Crippen LogP contribution is 2.25. The Morgan fingerprint density at radius 3 is 2.54 bits per heavy atom. The van der Waals surface area contributed by atoms with Crippen LogP contribution >= 0.6 is 0 Å². The molecule has 26 heavy (non-hydrogen) atoms. The molecule has 2 aromatic rings. The second kappa shape index (κ2) is 6.92. The molecule has 0 radical (unpaired) electrons. The van der Waals surface area contributed by atoms with E-state index in [0.717, 1.165) is 31.6 Å². The zero-order valence-electron chi connectivity index (χ0n) is 15.3. The Bertz CT molecular complexity index is 865. The van der Waals surface area contributed by atoms with Gasteiger partial charge in [0.25, 0.3) is 0 Å². The molecule has 7 nitrogen and oxygen atoms in total. The number of sulfonamides is 1. The number of fused-ring (bicyclic) bond motifs is 1. The lowest BCUT2D eigenvalue weighted by Crippen LogP contribution is -2.64. The monoisotopic (exact) mass is 378 g/mol. The minimum absolute atomic E-state index is 0.0993. The SMILES string of the molecule is CC(C)N1CCN(C2CN(S(=O)(=O)Cc3noc4ccccc34)C2)CC1. The summed E-state index contributed by atoms with van der Waals surface area (Å²) in [5.41, 5.74) is 1.12. The second-order valence-electron chi connectivity index (χ2n) is 7.52. The van der Waals surface area contributed by atoms with Gasteiger partial charge in [-0.2, -0.15) is 4.31 Å². The van der Waals surface area contributed by atoms with Gasteiger partial charge in [0.1, 0.15) is 11.4 Å². The van der Waals surface area contributed by atoms with Crippen molar-refractivity contribution in [2.45, 2.75) is 31.7 Å². The van der Waals surface area contributed by atoms with Gasteiger partial charge >= 0.3 is 0 Å². The minimum atomic E-state index is -3.36. The van der Waals surface area contributed by atoms with Gasteiger partial charge in [0.15, 0.2) is 5.58 Å². The van der Waals surface area contributed by atoms with Crippen LogP contribution in [0.1, 0.15) is 19.5 Å². The third-order valence-electron chi connectivity index (χ3n) is 5.59. The Labute approximate surface area is 154 Å². The molecule has 0 atom stereocenters. The molecule has 2 saturated heterocycles. The standard InChI is InChI=1S/C18H26N4O3S/c1-14(2)20-7-9-21(10-8-20)15-11-22(12-15)26(23,24)13-17-16-5-3-4-6-18(16)25-19-17/h3-6,14-15H,7-13H2,1-2H3. The lowest BCUT2D eigenvalue weighted by Gasteiger charge is -2.47. The first kappa shape index (κ1) is 17.9. The fraction of sp³-hybridized carbons (Fsp3) is 0.611. The van der Waals surface area contributed by atoms with Gasteiger partial charge in [-0.25, -0.2) is 8.42 Å². The van der Waals surface area contributed by atoms with Gasteiger partial charge in [0, 0.05) is 56.7 Å². The van der Waals surface area contributed by atoms with Crippen LogP contribution in [0.3, 0.4) is 0 Å². The van der Waals surface area contributed by atoms with Crippen molar-refractivity contribution < 1.29 is 12.9 Å². The van der Waals surface area contributed by atoms with E-state index in [1.165, 1.54) is 0 Å². The lowest BCUT2D eigenvalue weighted by atomic mass is 10.1. The maximum absolute atomic E-state index is 12.7. The van der Waals surface area contributed by atoms with Crippen LogP contribution in [0.2, 0.25) is 0 Å². The molecule has 2 fully saturated rings. The Hall–Kier alpha value is -1.48. The summed E-state index contributed by atoms with van der Waals surface area (Å²) < 4.78 is 32.2. The van der Waals surface area contributed by atoms with Crippen molar-refractivity contribution in [3.8, 4) is 0 Å². The van der Waals surface area contributed by atoms with Gasteiger partial charge in [0.05, 0.1) is 0 Å². The van der Waals surface area contributed by atoms with Crippen LogP contribution in [0, 0.1) is 0 Å². The maximum atomic E-state index is 12.7. The highest BCUT2D eigenvalue weighted by molar-refractivity contribution is 7.88. The molecule has 0 unspecified atom stereocenters. The topological polar surface area (TPSA) is 69.9 Å². The summed E-state index contributed by atoms with van der Waals surface area (Å²) in [4.78, 5) is 4.90. The summed E-state index contributed by atoms with van der Waals surface area (Å²) >= 11 is 0. The van der Waals surface area contributed by atoms with Crippen molar-refractivity contribution in [3.63, 3.8) is 0 Å². The van der Waals surface area contributed by atoms with Crippen molar-refractivity contribution in [3.05, 3.63) is 30.0 Å². The van der Waals surface area contributed by atoms with Crippen LogP contribution in [0.25, 0.3) is 11.0 Å². The van der Waals surface area contributed by atoms with E-state index in [4.69, 9.17) is 4.52 Å². The Kier molecular flexibility index (Phi) is 4.77. The average molecular weight is 378 g/mol. The predicted molar refractivity (Wildman–Crippen MR) is 100 cm³/mol. The number of hydrogen-bond acceptors (Lipinski definition) is 6. The number of benzene rings is 1. The first-order valence-electron chi connectivity index (χ1n) is 9.23. The van der Waals surface area contributed by atoms with Gasteiger partial charge in [-0.15, -0.1) is 0 Å². The van der Waals surface area contributed by atoms with Crippen LogP contribution in [0.4, 0.5) is 0 Å². The zero-order chi connectivity index (χ0) is 18.3. The molecule has 8 heteroatoms. The molecule has 0 N–H and O–H groups in total. The molecule has 0 spiro atoms. The molecule has 1 aromatic carbocycles. The molecule has 0 amide bonds. The highest BCUT2D eigenvalue weighted by atomic mass is 32.2. The van der Waals surface area contributed by atoms with Gasteiger partial charge in [-0.1, -0.05) is 17.3 Å². The number of aromatic nitrogens is 1. The fourth-order valence-electron chi connectivity index (χ4n) is 3.80. The molecule has 4 rings (SSSR count). The smallest absolute Gasteiger partial charge is 0.220 e. The van der Waals surface area contributed by atoms with Gasteiger partial charge in [-0.3, -0.25) is 9.80 Å². The van der Waals surface area contributed by atoms with E-state index in [1.807, 2.05) is 18.2 Å². The first-order valence-corrected chi connectivity index (χ1v) is 10.8. The third-order valence-corrected chi connectivity index (χ3v) is 7.31. The van der Waals surface area contributed by atoms with Crippen molar-refractivity contribution in [2.75, 3.05) is 39.3 Å². The van der Waals surface area contributed by atoms with Crippen molar-refractivity contribution in [1.29, 1.82) is 0 Å². The molecule has 1 aromatic heterocycles. The number of rotatable bonds is 5. The summed E-state index contributed by atoms with van der Waals surface area (Å²) in [6, 6.07) is 8.29. The zero-order valence-corrected chi connectivity index (χ0v) is 16.2. The van der Waals surface area contributed by atoms with E-state index in [-0.39, 0.29) is 5.75 Å². The van der Waals surface area contributed by atoms with Gasteiger partial charge in [0.2, 0.25) is 10.0 Å². The molecular formula is C18H26N4O3S. The molecule has 2 aliphatic rings. The van der Waals surface area contributed by atoms with E-state index in [9.17, 15) is 8.42 Å². The van der Waals surface area contributed by atoms with E-state index >= 15 is 0 Å². The summed E-state index contributed by atoms with van der Waals surface area (Å²) in [6.07, 6.45) is 0. The third kappa shape index (κ3) is 3.38. The summed E-state index contributed by atoms with van der Waals surface area (Å²) in [7, 11) is -3.36. The predicted octanol–water partition coefficient (Wildman–Crippen LogP) is 1.37. The van der Waals surface area contributed by atoms with Gasteiger partial charge in [-0.05, 0) is 26.0 Å². The maximum Gasteiger partial charge on any atom is 0.220 e. The lowest BCUT2D eigenvalue weighted by molar-refractivity contribution is 0.0316. The van der Waals surface area contributed by atoms with E-state index in [2.05, 4.69) is 28.8 Å². The first-order chi connectivity index (χ1) is 12.4.